The van der Waals surface area contributed by atoms with Crippen LogP contribution >= 0.6 is 0 Å². The van der Waals surface area contributed by atoms with Crippen LogP contribution in [-0.4, -0.2) is 45.9 Å². The molecular formula is C21H19F3N6O. The van der Waals surface area contributed by atoms with E-state index in [-0.39, 0.29) is 5.56 Å². The average molecular weight is 428 g/mol. The van der Waals surface area contributed by atoms with E-state index in [2.05, 4.69) is 20.3 Å². The van der Waals surface area contributed by atoms with Gasteiger partial charge in [-0.2, -0.15) is 13.2 Å². The number of aliphatic imine (C=N–C) groups is 1. The standard InChI is InChI=1S/C21H19F3N6O/c22-21(23,24)17-8-13(4-5-27-17)20(31)29-14-9-15-16(19(15)28-10-14)11-26-12-18(25)30-6-2-1-3-7-30/h4-5,8-12,25H,1-3,6-7H2,(H,29,31)/b16-11-,25-18?,26-12?. The number of likely N-dealkylation sites (tertiary alicyclic amines) is 1. The number of pyridine rings is 2. The maximum absolute atomic E-state index is 12.8. The molecule has 0 unspecified atom stereocenters. The highest BCUT2D eigenvalue weighted by Crippen LogP contribution is 2.41. The molecule has 7 nitrogen and oxygen atoms in total. The van der Waals surface area contributed by atoms with E-state index in [1.807, 2.05) is 4.90 Å². The van der Waals surface area contributed by atoms with E-state index in [0.717, 1.165) is 49.0 Å². The number of rotatable bonds is 4. The van der Waals surface area contributed by atoms with Crippen LogP contribution in [-0.2, 0) is 6.18 Å². The monoisotopic (exact) mass is 428 g/mol. The highest BCUT2D eigenvalue weighted by molar-refractivity contribution is 6.28. The molecule has 2 aliphatic rings. The Hall–Kier alpha value is -3.56. The Bertz CT molecular complexity index is 1090. The van der Waals surface area contributed by atoms with Gasteiger partial charge in [-0.15, -0.1) is 0 Å². The first kappa shape index (κ1) is 20.7. The predicted molar refractivity (Wildman–Crippen MR) is 110 cm³/mol. The van der Waals surface area contributed by atoms with Gasteiger partial charge in [0.15, 0.2) is 0 Å². The zero-order chi connectivity index (χ0) is 22.0. The van der Waals surface area contributed by atoms with E-state index >= 15 is 0 Å². The Morgan fingerprint density at radius 3 is 2.71 bits per heavy atom. The molecule has 0 aromatic carbocycles. The second-order valence-corrected chi connectivity index (χ2v) is 7.26. The van der Waals surface area contributed by atoms with Gasteiger partial charge in [0.05, 0.1) is 23.8 Å². The smallest absolute Gasteiger partial charge is 0.356 e. The van der Waals surface area contributed by atoms with Gasteiger partial charge >= 0.3 is 6.18 Å². The molecule has 10 heteroatoms. The number of hydrogen-bond acceptors (Lipinski definition) is 5. The molecule has 1 saturated heterocycles. The van der Waals surface area contributed by atoms with Crippen molar-refractivity contribution >= 4 is 29.2 Å². The van der Waals surface area contributed by atoms with Gasteiger partial charge in [0.2, 0.25) is 0 Å². The number of anilines is 1. The Labute approximate surface area is 176 Å². The van der Waals surface area contributed by atoms with E-state index < -0.39 is 17.8 Å². The second-order valence-electron chi connectivity index (χ2n) is 7.26. The minimum absolute atomic E-state index is 0.149. The maximum Gasteiger partial charge on any atom is 0.433 e. The molecule has 4 rings (SSSR count). The fourth-order valence-corrected chi connectivity index (χ4v) is 3.35. The molecule has 0 bridgehead atoms. The van der Waals surface area contributed by atoms with Crippen LogP contribution in [0.4, 0.5) is 18.9 Å². The van der Waals surface area contributed by atoms with E-state index in [1.165, 1.54) is 24.9 Å². The lowest BCUT2D eigenvalue weighted by Crippen LogP contribution is -2.35. The number of aromatic nitrogens is 2. The quantitative estimate of drug-likeness (QED) is 0.485. The molecule has 1 aliphatic carbocycles. The molecule has 0 spiro atoms. The van der Waals surface area contributed by atoms with Crippen molar-refractivity contribution in [2.45, 2.75) is 25.4 Å². The minimum atomic E-state index is -4.62. The third kappa shape index (κ3) is 4.79. The lowest BCUT2D eigenvalue weighted by molar-refractivity contribution is -0.141. The molecule has 160 valence electrons. The Morgan fingerprint density at radius 2 is 1.97 bits per heavy atom. The average Bonchev–Trinajstić information content (AvgIpc) is 3.45. The van der Waals surface area contributed by atoms with Crippen LogP contribution in [0.2, 0.25) is 0 Å². The van der Waals surface area contributed by atoms with Gasteiger partial charge in [0.1, 0.15) is 11.5 Å². The molecule has 1 aliphatic heterocycles. The van der Waals surface area contributed by atoms with Crippen molar-refractivity contribution in [3.63, 3.8) is 0 Å². The number of fused-ring (bicyclic) bond motifs is 1. The first-order chi connectivity index (χ1) is 14.8. The van der Waals surface area contributed by atoms with Crippen LogP contribution in [0.1, 0.15) is 46.6 Å². The Kier molecular flexibility index (Phi) is 5.53. The van der Waals surface area contributed by atoms with Gasteiger partial charge in [-0.05, 0) is 37.5 Å². The summed E-state index contributed by atoms with van der Waals surface area (Å²) in [5, 5.41) is 10.6. The zero-order valence-corrected chi connectivity index (χ0v) is 16.4. The van der Waals surface area contributed by atoms with Crippen LogP contribution in [0.25, 0.3) is 5.57 Å². The van der Waals surface area contributed by atoms with Crippen molar-refractivity contribution in [3.05, 3.63) is 59.3 Å². The van der Waals surface area contributed by atoms with Crippen LogP contribution in [0, 0.1) is 5.41 Å². The summed E-state index contributed by atoms with van der Waals surface area (Å²) < 4.78 is 38.3. The van der Waals surface area contributed by atoms with Crippen molar-refractivity contribution in [3.8, 4) is 0 Å². The summed E-state index contributed by atoms with van der Waals surface area (Å²) in [4.78, 5) is 26.0. The van der Waals surface area contributed by atoms with Gasteiger partial charge in [-0.25, -0.2) is 0 Å². The van der Waals surface area contributed by atoms with Crippen LogP contribution in [0.5, 0.6) is 0 Å². The molecule has 31 heavy (non-hydrogen) atoms. The van der Waals surface area contributed by atoms with E-state index in [1.54, 1.807) is 12.3 Å². The summed E-state index contributed by atoms with van der Waals surface area (Å²) in [5.41, 5.74) is 1.42. The predicted octanol–water partition coefficient (Wildman–Crippen LogP) is 3.98. The Balaban J connectivity index is 1.39. The molecule has 0 saturated carbocycles. The van der Waals surface area contributed by atoms with E-state index in [0.29, 0.717) is 17.6 Å². The Morgan fingerprint density at radius 1 is 1.19 bits per heavy atom. The lowest BCUT2D eigenvalue weighted by atomic mass is 10.1. The van der Waals surface area contributed by atoms with Crippen molar-refractivity contribution in [2.75, 3.05) is 18.4 Å². The molecule has 1 amide bonds. The van der Waals surface area contributed by atoms with Crippen molar-refractivity contribution < 1.29 is 18.0 Å². The molecule has 2 aromatic heterocycles. The van der Waals surface area contributed by atoms with Crippen molar-refractivity contribution in [1.29, 1.82) is 5.41 Å². The minimum Gasteiger partial charge on any atom is -0.356 e. The number of hydrogen-bond donors (Lipinski definition) is 2. The number of piperidine rings is 1. The van der Waals surface area contributed by atoms with Gasteiger partial charge in [-0.3, -0.25) is 25.2 Å². The summed E-state index contributed by atoms with van der Waals surface area (Å²) in [6.45, 7) is 1.74. The normalized spacial score (nSPS) is 17.0. The summed E-state index contributed by atoms with van der Waals surface area (Å²) >= 11 is 0. The zero-order valence-electron chi connectivity index (χ0n) is 16.4. The number of carbonyl (C=O) groups excluding carboxylic acids is 1. The number of carbonyl (C=O) groups is 1. The molecule has 0 radical (unpaired) electrons. The summed E-state index contributed by atoms with van der Waals surface area (Å²) in [6.07, 6.45) is 4.22. The second kappa shape index (κ2) is 8.29. The fraction of sp³-hybridized carbons (Fsp3) is 0.286. The van der Waals surface area contributed by atoms with E-state index in [4.69, 9.17) is 5.41 Å². The SMILES string of the molecule is N=C(C=N/C=C1/c2cc(NC(=O)c3ccnc(C(F)(F)F)c3)cnc21)N1CCCCC1. The number of nitrogens with one attached hydrogen (secondary N) is 2. The number of amidine groups is 1. The highest BCUT2D eigenvalue weighted by Gasteiger charge is 2.33. The molecule has 3 heterocycles. The molecule has 1 fully saturated rings. The number of alkyl halides is 3. The fourth-order valence-electron chi connectivity index (χ4n) is 3.35. The maximum atomic E-state index is 12.8. The largest absolute Gasteiger partial charge is 0.433 e. The first-order valence-electron chi connectivity index (χ1n) is 9.75. The molecular weight excluding hydrogens is 409 g/mol. The first-order valence-corrected chi connectivity index (χ1v) is 9.75. The van der Waals surface area contributed by atoms with Gasteiger partial charge < -0.3 is 10.2 Å². The van der Waals surface area contributed by atoms with Crippen LogP contribution < -0.4 is 5.32 Å². The molecule has 2 N–H and O–H groups in total. The highest BCUT2D eigenvalue weighted by atomic mass is 19.4. The summed E-state index contributed by atoms with van der Waals surface area (Å²) in [5.74, 6) is -0.313. The number of halogens is 3. The van der Waals surface area contributed by atoms with Gasteiger partial charge in [-0.1, -0.05) is 0 Å². The van der Waals surface area contributed by atoms with Gasteiger partial charge in [0, 0.05) is 42.2 Å². The summed E-state index contributed by atoms with van der Waals surface area (Å²) in [7, 11) is 0. The summed E-state index contributed by atoms with van der Waals surface area (Å²) in [6, 6.07) is 3.60. The topological polar surface area (TPSA) is 94.3 Å². The van der Waals surface area contributed by atoms with E-state index in [9.17, 15) is 18.0 Å². The van der Waals surface area contributed by atoms with Crippen molar-refractivity contribution in [1.82, 2.24) is 14.9 Å². The molecule has 0 atom stereocenters. The third-order valence-electron chi connectivity index (χ3n) is 5.04. The number of amides is 1. The lowest BCUT2D eigenvalue weighted by Gasteiger charge is -2.26. The van der Waals surface area contributed by atoms with Crippen LogP contribution in [0.15, 0.2) is 41.8 Å². The van der Waals surface area contributed by atoms with Crippen LogP contribution in [0.3, 0.4) is 0 Å². The van der Waals surface area contributed by atoms with Gasteiger partial charge in [0.25, 0.3) is 5.91 Å². The number of nitrogens with zero attached hydrogens (tertiary/aromatic N) is 4. The molecule has 2 aromatic rings. The van der Waals surface area contributed by atoms with Crippen molar-refractivity contribution in [2.24, 2.45) is 4.99 Å². The third-order valence-corrected chi connectivity index (χ3v) is 5.04.